The Bertz CT molecular complexity index is 1200. The second-order valence-electron chi connectivity index (χ2n) is 8.11. The van der Waals surface area contributed by atoms with Gasteiger partial charge in [-0.2, -0.15) is 0 Å². The molecule has 0 unspecified atom stereocenters. The molecule has 2 amide bonds. The summed E-state index contributed by atoms with van der Waals surface area (Å²) in [6, 6.07) is 7.61. The summed E-state index contributed by atoms with van der Waals surface area (Å²) in [6.07, 6.45) is 6.94. The average Bonchev–Trinajstić information content (AvgIpc) is 2.80. The Labute approximate surface area is 186 Å². The summed E-state index contributed by atoms with van der Waals surface area (Å²) in [5, 5.41) is 9.32. The normalized spacial score (nSPS) is 14.3. The summed E-state index contributed by atoms with van der Waals surface area (Å²) < 4.78 is 16.1. The summed E-state index contributed by atoms with van der Waals surface area (Å²) in [5.41, 5.74) is 1.59. The molecule has 0 bridgehead atoms. The molecule has 3 N–H and O–H groups in total. The predicted octanol–water partition coefficient (Wildman–Crippen LogP) is 4.72. The van der Waals surface area contributed by atoms with Gasteiger partial charge < -0.3 is 20.5 Å². The Morgan fingerprint density at radius 1 is 1.19 bits per heavy atom. The number of nitrogens with one attached hydrogen (secondary N) is 3. The van der Waals surface area contributed by atoms with Crippen LogP contribution in [-0.4, -0.2) is 28.7 Å². The van der Waals surface area contributed by atoms with E-state index in [1.807, 2.05) is 13.0 Å². The maximum atomic E-state index is 14.5. The number of carbonyl (C=O) groups excluding carboxylic acids is 1. The van der Waals surface area contributed by atoms with Crippen LogP contribution in [0.15, 0.2) is 41.3 Å². The number of benzene rings is 1. The lowest BCUT2D eigenvalue weighted by molar-refractivity contribution is 0.244. The second kappa shape index (κ2) is 9.38. The summed E-state index contributed by atoms with van der Waals surface area (Å²) in [4.78, 5) is 30.0. The lowest BCUT2D eigenvalue weighted by Gasteiger charge is -2.23. The maximum Gasteiger partial charge on any atom is 0.319 e. The lowest BCUT2D eigenvalue weighted by Crippen LogP contribution is -2.39. The van der Waals surface area contributed by atoms with Crippen LogP contribution < -0.4 is 21.5 Å². The molecule has 0 spiro atoms. The zero-order chi connectivity index (χ0) is 22.7. The molecule has 1 fully saturated rings. The fourth-order valence-corrected chi connectivity index (χ4v) is 4.31. The van der Waals surface area contributed by atoms with Crippen LogP contribution >= 0.6 is 0 Å². The Kier molecular flexibility index (Phi) is 6.39. The van der Waals surface area contributed by atoms with E-state index in [9.17, 15) is 14.0 Å². The van der Waals surface area contributed by atoms with Crippen LogP contribution in [0, 0.1) is 5.82 Å². The van der Waals surface area contributed by atoms with E-state index in [1.165, 1.54) is 18.6 Å². The number of rotatable bonds is 5. The number of halogens is 1. The van der Waals surface area contributed by atoms with Crippen LogP contribution in [0.1, 0.15) is 39.0 Å². The van der Waals surface area contributed by atoms with Gasteiger partial charge in [-0.05, 0) is 43.5 Å². The van der Waals surface area contributed by atoms with E-state index >= 15 is 0 Å². The first kappa shape index (κ1) is 21.8. The van der Waals surface area contributed by atoms with Gasteiger partial charge in [0.05, 0.1) is 11.2 Å². The highest BCUT2D eigenvalue weighted by Crippen LogP contribution is 2.26. The van der Waals surface area contributed by atoms with E-state index in [2.05, 4.69) is 20.9 Å². The average molecular weight is 438 g/mol. The lowest BCUT2D eigenvalue weighted by atomic mass is 9.96. The zero-order valence-corrected chi connectivity index (χ0v) is 18.4. The van der Waals surface area contributed by atoms with Gasteiger partial charge in [0, 0.05) is 42.8 Å². The highest BCUT2D eigenvalue weighted by Gasteiger charge is 2.18. The first-order chi connectivity index (χ1) is 15.5. The van der Waals surface area contributed by atoms with Crippen LogP contribution in [0.3, 0.4) is 0 Å². The molecule has 0 aliphatic heterocycles. The van der Waals surface area contributed by atoms with E-state index < -0.39 is 11.8 Å². The van der Waals surface area contributed by atoms with Crippen LogP contribution in [-0.2, 0) is 6.54 Å². The predicted molar refractivity (Wildman–Crippen MR) is 126 cm³/mol. The van der Waals surface area contributed by atoms with Gasteiger partial charge in [0.15, 0.2) is 0 Å². The fourth-order valence-electron chi connectivity index (χ4n) is 4.31. The summed E-state index contributed by atoms with van der Waals surface area (Å²) in [6.45, 7) is 2.38. The van der Waals surface area contributed by atoms with E-state index in [1.54, 1.807) is 29.9 Å². The van der Waals surface area contributed by atoms with Crippen molar-refractivity contribution in [1.82, 2.24) is 14.9 Å². The molecule has 3 aromatic rings. The molecule has 1 aliphatic carbocycles. The van der Waals surface area contributed by atoms with Crippen molar-refractivity contribution in [2.24, 2.45) is 0 Å². The van der Waals surface area contributed by atoms with Crippen LogP contribution in [0.25, 0.3) is 22.0 Å². The first-order valence-corrected chi connectivity index (χ1v) is 11.1. The standard InChI is InChI=1S/C24H28FN5O2/c1-3-30-21-13-22(26-2)27-14-16(21)11-18(23(30)31)15-9-10-19(25)20(12-15)29-24(32)28-17-7-5-4-6-8-17/h9-14,17H,3-8H2,1-2H3,(H,26,27)(H2,28,29,32). The quantitative estimate of drug-likeness (QED) is 0.539. The van der Waals surface area contributed by atoms with Gasteiger partial charge in [-0.1, -0.05) is 25.3 Å². The summed E-state index contributed by atoms with van der Waals surface area (Å²) in [7, 11) is 1.77. The third kappa shape index (κ3) is 4.44. The van der Waals surface area contributed by atoms with Gasteiger partial charge in [0.25, 0.3) is 5.56 Å². The fraction of sp³-hybridized carbons (Fsp3) is 0.375. The van der Waals surface area contributed by atoms with Crippen LogP contribution in [0.4, 0.5) is 20.7 Å². The van der Waals surface area contributed by atoms with E-state index in [4.69, 9.17) is 0 Å². The SMILES string of the molecule is CCn1c(=O)c(-c2ccc(F)c(NC(=O)NC3CCCCC3)c2)cc2cnc(NC)cc21. The van der Waals surface area contributed by atoms with Crippen molar-refractivity contribution < 1.29 is 9.18 Å². The molecule has 0 atom stereocenters. The molecule has 2 aromatic heterocycles. The Balaban J connectivity index is 1.67. The van der Waals surface area contributed by atoms with Gasteiger partial charge >= 0.3 is 6.03 Å². The first-order valence-electron chi connectivity index (χ1n) is 11.1. The number of aryl methyl sites for hydroxylation is 1. The molecule has 1 aromatic carbocycles. The molecule has 0 radical (unpaired) electrons. The van der Waals surface area contributed by atoms with Crippen molar-refractivity contribution in [3.63, 3.8) is 0 Å². The second-order valence-corrected chi connectivity index (χ2v) is 8.11. The highest BCUT2D eigenvalue weighted by molar-refractivity contribution is 5.91. The number of hydrogen-bond donors (Lipinski definition) is 3. The molecule has 0 saturated heterocycles. The third-order valence-corrected chi connectivity index (χ3v) is 6.02. The minimum absolute atomic E-state index is 0.0435. The number of hydrogen-bond acceptors (Lipinski definition) is 4. The van der Waals surface area contributed by atoms with E-state index in [-0.39, 0.29) is 17.3 Å². The molecule has 8 heteroatoms. The molecule has 32 heavy (non-hydrogen) atoms. The molecule has 1 aliphatic rings. The Morgan fingerprint density at radius 2 is 1.97 bits per heavy atom. The number of nitrogens with zero attached hydrogens (tertiary/aromatic N) is 2. The third-order valence-electron chi connectivity index (χ3n) is 6.02. The number of carbonyl (C=O) groups is 1. The van der Waals surface area contributed by atoms with Gasteiger partial charge in [-0.3, -0.25) is 4.79 Å². The Morgan fingerprint density at radius 3 is 2.69 bits per heavy atom. The molecule has 1 saturated carbocycles. The van der Waals surface area contributed by atoms with Crippen LogP contribution in [0.2, 0.25) is 0 Å². The minimum Gasteiger partial charge on any atom is -0.373 e. The van der Waals surface area contributed by atoms with Crippen molar-refractivity contribution in [3.8, 4) is 11.1 Å². The zero-order valence-electron chi connectivity index (χ0n) is 18.4. The van der Waals surface area contributed by atoms with Gasteiger partial charge in [0.1, 0.15) is 11.6 Å². The molecule has 2 heterocycles. The monoisotopic (exact) mass is 437 g/mol. The highest BCUT2D eigenvalue weighted by atomic mass is 19.1. The van der Waals surface area contributed by atoms with Crippen molar-refractivity contribution in [2.45, 2.75) is 51.6 Å². The Hall–Kier alpha value is -3.42. The van der Waals surface area contributed by atoms with Gasteiger partial charge in [-0.15, -0.1) is 0 Å². The number of urea groups is 1. The van der Waals surface area contributed by atoms with Crippen molar-refractivity contribution in [2.75, 3.05) is 17.7 Å². The maximum absolute atomic E-state index is 14.5. The molecular formula is C24H28FN5O2. The van der Waals surface area contributed by atoms with Crippen molar-refractivity contribution in [3.05, 3.63) is 52.7 Å². The van der Waals surface area contributed by atoms with E-state index in [0.29, 0.717) is 23.5 Å². The van der Waals surface area contributed by atoms with E-state index in [0.717, 1.165) is 36.6 Å². The van der Waals surface area contributed by atoms with Gasteiger partial charge in [0.2, 0.25) is 0 Å². The molecule has 4 rings (SSSR count). The number of pyridine rings is 2. The summed E-state index contributed by atoms with van der Waals surface area (Å²) >= 11 is 0. The molecule has 168 valence electrons. The number of aromatic nitrogens is 2. The van der Waals surface area contributed by atoms with Crippen molar-refractivity contribution in [1.29, 1.82) is 0 Å². The largest absolute Gasteiger partial charge is 0.373 e. The smallest absolute Gasteiger partial charge is 0.319 e. The minimum atomic E-state index is -0.551. The summed E-state index contributed by atoms with van der Waals surface area (Å²) in [5.74, 6) is 0.119. The topological polar surface area (TPSA) is 88.1 Å². The number of fused-ring (bicyclic) bond motifs is 1. The van der Waals surface area contributed by atoms with Crippen LogP contribution in [0.5, 0.6) is 0 Å². The number of anilines is 2. The van der Waals surface area contributed by atoms with Crippen molar-refractivity contribution >= 4 is 28.4 Å². The van der Waals surface area contributed by atoms with Gasteiger partial charge in [-0.25, -0.2) is 14.2 Å². The molecule has 7 nitrogen and oxygen atoms in total. The number of amides is 2. The molecular weight excluding hydrogens is 409 g/mol.